The summed E-state index contributed by atoms with van der Waals surface area (Å²) in [6.45, 7) is 2.41. The molecule has 3 nitrogen and oxygen atoms in total. The molecule has 2 heterocycles. The minimum atomic E-state index is 0.416. The van der Waals surface area contributed by atoms with E-state index in [-0.39, 0.29) is 0 Å². The van der Waals surface area contributed by atoms with Crippen LogP contribution in [0.3, 0.4) is 0 Å². The first-order valence-electron chi connectivity index (χ1n) is 6.63. The van der Waals surface area contributed by atoms with Gasteiger partial charge in [-0.2, -0.15) is 0 Å². The van der Waals surface area contributed by atoms with Gasteiger partial charge in [-0.3, -0.25) is 4.98 Å². The number of hydrogen-bond donors (Lipinski definition) is 1. The number of nitrogens with zero attached hydrogens (tertiary/aromatic N) is 2. The SMILES string of the molecule is CN(CCc1ccncc1)Cc1ccc(C#CCN)s1. The predicted octanol–water partition coefficient (Wildman–Crippen LogP) is 2.13. The Morgan fingerprint density at radius 1 is 1.25 bits per heavy atom. The molecule has 2 aromatic heterocycles. The van der Waals surface area contributed by atoms with E-state index in [0.717, 1.165) is 24.4 Å². The lowest BCUT2D eigenvalue weighted by molar-refractivity contribution is 0.334. The maximum Gasteiger partial charge on any atom is 0.0772 e. The van der Waals surface area contributed by atoms with Crippen molar-refractivity contribution >= 4 is 11.3 Å². The molecule has 0 aliphatic rings. The summed E-state index contributed by atoms with van der Waals surface area (Å²) in [5.41, 5.74) is 6.70. The molecule has 0 aliphatic carbocycles. The maximum absolute atomic E-state index is 5.38. The van der Waals surface area contributed by atoms with Crippen molar-refractivity contribution in [3.63, 3.8) is 0 Å². The lowest BCUT2D eigenvalue weighted by atomic mass is 10.2. The summed E-state index contributed by atoms with van der Waals surface area (Å²) in [5.74, 6) is 5.96. The van der Waals surface area contributed by atoms with Crippen LogP contribution < -0.4 is 5.73 Å². The normalized spacial score (nSPS) is 10.3. The van der Waals surface area contributed by atoms with Gasteiger partial charge in [0.2, 0.25) is 0 Å². The van der Waals surface area contributed by atoms with Crippen molar-refractivity contribution in [2.45, 2.75) is 13.0 Å². The minimum absolute atomic E-state index is 0.416. The molecule has 2 aromatic rings. The fraction of sp³-hybridized carbons (Fsp3) is 0.312. The maximum atomic E-state index is 5.38. The molecule has 0 spiro atoms. The molecule has 20 heavy (non-hydrogen) atoms. The first-order chi connectivity index (χ1) is 9.78. The number of aromatic nitrogens is 1. The largest absolute Gasteiger partial charge is 0.320 e. The summed E-state index contributed by atoms with van der Waals surface area (Å²) in [4.78, 5) is 8.79. The van der Waals surface area contributed by atoms with Crippen LogP contribution in [0.15, 0.2) is 36.7 Å². The van der Waals surface area contributed by atoms with E-state index in [1.165, 1.54) is 10.4 Å². The first-order valence-corrected chi connectivity index (χ1v) is 7.44. The fourth-order valence-electron chi connectivity index (χ4n) is 1.88. The highest BCUT2D eigenvalue weighted by Gasteiger charge is 2.03. The quantitative estimate of drug-likeness (QED) is 0.856. The molecule has 0 saturated carbocycles. The van der Waals surface area contributed by atoms with Crippen molar-refractivity contribution < 1.29 is 0 Å². The molecule has 2 N–H and O–H groups in total. The van der Waals surface area contributed by atoms with Gasteiger partial charge in [0, 0.05) is 30.4 Å². The lowest BCUT2D eigenvalue weighted by Crippen LogP contribution is -2.20. The predicted molar refractivity (Wildman–Crippen MR) is 84.5 cm³/mol. The zero-order valence-electron chi connectivity index (χ0n) is 11.7. The van der Waals surface area contributed by atoms with E-state index < -0.39 is 0 Å². The molecule has 0 aliphatic heterocycles. The summed E-state index contributed by atoms with van der Waals surface area (Å²) in [6, 6.07) is 8.35. The molecular formula is C16H19N3S. The molecule has 0 aromatic carbocycles. The number of thiophene rings is 1. The monoisotopic (exact) mass is 285 g/mol. The Kier molecular flexibility index (Phi) is 5.75. The summed E-state index contributed by atoms with van der Waals surface area (Å²) in [7, 11) is 2.14. The third-order valence-corrected chi connectivity index (χ3v) is 3.92. The van der Waals surface area contributed by atoms with Crippen molar-refractivity contribution in [2.24, 2.45) is 5.73 Å². The zero-order chi connectivity index (χ0) is 14.2. The van der Waals surface area contributed by atoms with Crippen LogP contribution in [-0.4, -0.2) is 30.0 Å². The van der Waals surface area contributed by atoms with E-state index >= 15 is 0 Å². The van der Waals surface area contributed by atoms with E-state index in [2.05, 4.69) is 53.0 Å². The van der Waals surface area contributed by atoms with Gasteiger partial charge >= 0.3 is 0 Å². The van der Waals surface area contributed by atoms with Crippen LogP contribution in [0.1, 0.15) is 15.3 Å². The summed E-state index contributed by atoms with van der Waals surface area (Å²) in [5, 5.41) is 0. The molecule has 4 heteroatoms. The van der Waals surface area contributed by atoms with Gasteiger partial charge in [-0.15, -0.1) is 11.3 Å². The van der Waals surface area contributed by atoms with Crippen LogP contribution in [-0.2, 0) is 13.0 Å². The number of hydrogen-bond acceptors (Lipinski definition) is 4. The van der Waals surface area contributed by atoms with Gasteiger partial charge in [-0.05, 0) is 43.3 Å². The van der Waals surface area contributed by atoms with Gasteiger partial charge in [0.1, 0.15) is 0 Å². The van der Waals surface area contributed by atoms with Gasteiger partial charge in [-0.25, -0.2) is 0 Å². The van der Waals surface area contributed by atoms with Crippen LogP contribution >= 0.6 is 11.3 Å². The van der Waals surface area contributed by atoms with Gasteiger partial charge in [0.05, 0.1) is 11.4 Å². The van der Waals surface area contributed by atoms with Crippen molar-refractivity contribution in [3.05, 3.63) is 52.0 Å². The third kappa shape index (κ3) is 4.78. The van der Waals surface area contributed by atoms with Crippen LogP contribution in [0.4, 0.5) is 0 Å². The third-order valence-electron chi connectivity index (χ3n) is 2.93. The molecule has 0 unspecified atom stereocenters. The molecule has 2 rings (SSSR count). The Bertz CT molecular complexity index is 581. The van der Waals surface area contributed by atoms with Gasteiger partial charge in [0.15, 0.2) is 0 Å². The van der Waals surface area contributed by atoms with E-state index in [1.807, 2.05) is 12.4 Å². The average Bonchev–Trinajstić information content (AvgIpc) is 2.91. The molecular weight excluding hydrogens is 266 g/mol. The Labute approximate surface area is 124 Å². The summed E-state index contributed by atoms with van der Waals surface area (Å²) in [6.07, 6.45) is 4.73. The van der Waals surface area contributed by atoms with E-state index in [4.69, 9.17) is 5.73 Å². The number of pyridine rings is 1. The van der Waals surface area contributed by atoms with Crippen LogP contribution in [0.2, 0.25) is 0 Å². The molecule has 0 fully saturated rings. The molecule has 0 radical (unpaired) electrons. The second-order valence-electron chi connectivity index (χ2n) is 4.62. The molecule has 0 atom stereocenters. The summed E-state index contributed by atoms with van der Waals surface area (Å²) >= 11 is 1.74. The topological polar surface area (TPSA) is 42.2 Å². The summed E-state index contributed by atoms with van der Waals surface area (Å²) < 4.78 is 0. The highest BCUT2D eigenvalue weighted by molar-refractivity contribution is 7.12. The molecule has 0 bridgehead atoms. The van der Waals surface area contributed by atoms with Crippen molar-refractivity contribution in [3.8, 4) is 11.8 Å². The highest BCUT2D eigenvalue weighted by atomic mass is 32.1. The number of nitrogens with two attached hydrogens (primary N) is 1. The first kappa shape index (κ1) is 14.7. The van der Waals surface area contributed by atoms with Gasteiger partial charge < -0.3 is 10.6 Å². The van der Waals surface area contributed by atoms with Crippen LogP contribution in [0, 0.1) is 11.8 Å². The van der Waals surface area contributed by atoms with Crippen molar-refractivity contribution in [1.29, 1.82) is 0 Å². The number of likely N-dealkylation sites (N-methyl/N-ethyl adjacent to an activating group) is 1. The minimum Gasteiger partial charge on any atom is -0.320 e. The molecule has 104 valence electrons. The average molecular weight is 285 g/mol. The lowest BCUT2D eigenvalue weighted by Gasteiger charge is -2.15. The highest BCUT2D eigenvalue weighted by Crippen LogP contribution is 2.17. The Morgan fingerprint density at radius 2 is 2.05 bits per heavy atom. The van der Waals surface area contributed by atoms with Crippen molar-refractivity contribution in [2.75, 3.05) is 20.1 Å². The second kappa shape index (κ2) is 7.81. The van der Waals surface area contributed by atoms with Gasteiger partial charge in [-0.1, -0.05) is 11.8 Å². The van der Waals surface area contributed by atoms with Gasteiger partial charge in [0.25, 0.3) is 0 Å². The Morgan fingerprint density at radius 3 is 2.80 bits per heavy atom. The molecule has 0 saturated heterocycles. The Balaban J connectivity index is 1.82. The fourth-order valence-corrected chi connectivity index (χ4v) is 2.85. The van der Waals surface area contributed by atoms with E-state index in [0.29, 0.717) is 6.54 Å². The molecule has 0 amide bonds. The standard InChI is InChI=1S/C16H19N3S/c1-19(12-8-14-6-10-18-11-7-14)13-16-5-4-15(20-16)3-2-9-17/h4-7,10-11H,8-9,12-13,17H2,1H3. The number of rotatable bonds is 5. The van der Waals surface area contributed by atoms with Crippen LogP contribution in [0.25, 0.3) is 0 Å². The Hall–Kier alpha value is -1.67. The van der Waals surface area contributed by atoms with Crippen molar-refractivity contribution in [1.82, 2.24) is 9.88 Å². The van der Waals surface area contributed by atoms with E-state index in [1.54, 1.807) is 11.3 Å². The zero-order valence-corrected chi connectivity index (χ0v) is 12.5. The van der Waals surface area contributed by atoms with Crippen LogP contribution in [0.5, 0.6) is 0 Å². The smallest absolute Gasteiger partial charge is 0.0772 e. The van der Waals surface area contributed by atoms with E-state index in [9.17, 15) is 0 Å². The second-order valence-corrected chi connectivity index (χ2v) is 5.78.